The summed E-state index contributed by atoms with van der Waals surface area (Å²) in [6, 6.07) is 12.0. The summed E-state index contributed by atoms with van der Waals surface area (Å²) in [7, 11) is 4.59. The molecule has 2 aromatic carbocycles. The van der Waals surface area contributed by atoms with Crippen molar-refractivity contribution in [1.29, 1.82) is 0 Å². The molecule has 0 radical (unpaired) electrons. The molecule has 6 nitrogen and oxygen atoms in total. The first-order chi connectivity index (χ1) is 11.9. The Hall–Kier alpha value is -2.01. The molecule has 0 spiro atoms. The second-order valence-electron chi connectivity index (χ2n) is 5.67. The molecule has 25 heavy (non-hydrogen) atoms. The minimum absolute atomic E-state index is 0.351. The van der Waals surface area contributed by atoms with Crippen LogP contribution in [0.15, 0.2) is 42.5 Å². The number of anilines is 1. The van der Waals surface area contributed by atoms with Crippen LogP contribution in [0.4, 0.5) is 5.69 Å². The van der Waals surface area contributed by atoms with E-state index in [0.29, 0.717) is 22.4 Å². The third kappa shape index (κ3) is 3.82. The SMILES string of the molecule is COc1ccc(OC)c([C@H](O)[P@](=O)(OC)c2ccc(N(C)C)cc2)c1. The van der Waals surface area contributed by atoms with Gasteiger partial charge < -0.3 is 24.0 Å². The summed E-state index contributed by atoms with van der Waals surface area (Å²) in [6.07, 6.45) is 0. The molecule has 1 N–H and O–H groups in total. The van der Waals surface area contributed by atoms with Gasteiger partial charge in [0.05, 0.1) is 14.2 Å². The van der Waals surface area contributed by atoms with E-state index in [-0.39, 0.29) is 0 Å². The fourth-order valence-electron chi connectivity index (χ4n) is 2.53. The Morgan fingerprint density at radius 2 is 1.64 bits per heavy atom. The quantitative estimate of drug-likeness (QED) is 0.761. The summed E-state index contributed by atoms with van der Waals surface area (Å²) >= 11 is 0. The number of rotatable bonds is 7. The van der Waals surface area contributed by atoms with Gasteiger partial charge in [-0.1, -0.05) is 0 Å². The van der Waals surface area contributed by atoms with Gasteiger partial charge in [0.2, 0.25) is 0 Å². The van der Waals surface area contributed by atoms with Gasteiger partial charge in [-0.15, -0.1) is 0 Å². The maximum absolute atomic E-state index is 13.5. The van der Waals surface area contributed by atoms with Crippen LogP contribution in [0.25, 0.3) is 0 Å². The summed E-state index contributed by atoms with van der Waals surface area (Å²) in [4.78, 5) is 1.93. The number of nitrogens with zero attached hydrogens (tertiary/aromatic N) is 1. The van der Waals surface area contributed by atoms with Crippen molar-refractivity contribution in [3.63, 3.8) is 0 Å². The molecule has 0 aliphatic rings. The third-order valence-electron chi connectivity index (χ3n) is 4.03. The molecule has 136 valence electrons. The highest BCUT2D eigenvalue weighted by Gasteiger charge is 2.37. The zero-order valence-electron chi connectivity index (χ0n) is 15.1. The highest BCUT2D eigenvalue weighted by molar-refractivity contribution is 7.67. The standard InChI is InChI=1S/C18H24NO5P/c1-19(2)13-6-9-15(10-7-13)25(21,24-5)18(20)16-12-14(22-3)8-11-17(16)23-4/h6-12,18,20H,1-5H3/t18-,25-/m1/s1. The van der Waals surface area contributed by atoms with Gasteiger partial charge in [-0.3, -0.25) is 4.57 Å². The fraction of sp³-hybridized carbons (Fsp3) is 0.333. The molecule has 2 atom stereocenters. The number of hydrogen-bond acceptors (Lipinski definition) is 6. The first-order valence-electron chi connectivity index (χ1n) is 7.70. The Morgan fingerprint density at radius 1 is 1.00 bits per heavy atom. The van der Waals surface area contributed by atoms with E-state index in [1.165, 1.54) is 21.3 Å². The summed E-state index contributed by atoms with van der Waals surface area (Å²) in [5.74, 6) is -0.441. The molecular formula is C18H24NO5P. The number of benzene rings is 2. The lowest BCUT2D eigenvalue weighted by Crippen LogP contribution is -2.15. The second kappa shape index (κ2) is 7.91. The Balaban J connectivity index is 2.50. The van der Waals surface area contributed by atoms with Crippen LogP contribution < -0.4 is 19.7 Å². The number of methoxy groups -OCH3 is 2. The van der Waals surface area contributed by atoms with Gasteiger partial charge in [-0.05, 0) is 42.5 Å². The lowest BCUT2D eigenvalue weighted by atomic mass is 10.2. The number of hydrogen-bond donors (Lipinski definition) is 1. The van der Waals surface area contributed by atoms with Gasteiger partial charge in [-0.2, -0.15) is 0 Å². The van der Waals surface area contributed by atoms with Crippen LogP contribution in [0.3, 0.4) is 0 Å². The summed E-state index contributed by atoms with van der Waals surface area (Å²) in [5.41, 5.74) is 1.31. The maximum atomic E-state index is 13.5. The van der Waals surface area contributed by atoms with E-state index < -0.39 is 13.2 Å². The molecule has 0 amide bonds. The molecule has 7 heteroatoms. The molecule has 2 rings (SSSR count). The predicted octanol–water partition coefficient (Wildman–Crippen LogP) is 3.01. The molecule has 2 aromatic rings. The van der Waals surface area contributed by atoms with Crippen molar-refractivity contribution < 1.29 is 23.7 Å². The van der Waals surface area contributed by atoms with Crippen LogP contribution in [-0.2, 0) is 9.09 Å². The number of ether oxygens (including phenoxy) is 2. The molecule has 0 aliphatic heterocycles. The van der Waals surface area contributed by atoms with Crippen molar-refractivity contribution >= 4 is 18.4 Å². The van der Waals surface area contributed by atoms with Gasteiger partial charge in [0, 0.05) is 37.8 Å². The third-order valence-corrected chi connectivity index (χ3v) is 6.52. The van der Waals surface area contributed by atoms with Crippen molar-refractivity contribution in [2.45, 2.75) is 5.85 Å². The van der Waals surface area contributed by atoms with E-state index in [1.54, 1.807) is 30.3 Å². The van der Waals surface area contributed by atoms with E-state index >= 15 is 0 Å². The van der Waals surface area contributed by atoms with E-state index in [1.807, 2.05) is 31.1 Å². The monoisotopic (exact) mass is 365 g/mol. The largest absolute Gasteiger partial charge is 0.497 e. The van der Waals surface area contributed by atoms with Gasteiger partial charge in [-0.25, -0.2) is 0 Å². The average Bonchev–Trinajstić information content (AvgIpc) is 2.66. The van der Waals surface area contributed by atoms with Crippen molar-refractivity contribution in [1.82, 2.24) is 0 Å². The first kappa shape index (κ1) is 19.3. The van der Waals surface area contributed by atoms with Crippen LogP contribution >= 0.6 is 7.37 Å². The summed E-state index contributed by atoms with van der Waals surface area (Å²) in [6.45, 7) is 0. The van der Waals surface area contributed by atoms with Crippen LogP contribution in [-0.4, -0.2) is 40.5 Å². The topological polar surface area (TPSA) is 68.2 Å². The molecule has 0 aliphatic carbocycles. The van der Waals surface area contributed by atoms with E-state index in [4.69, 9.17) is 14.0 Å². The lowest BCUT2D eigenvalue weighted by Gasteiger charge is -2.25. The van der Waals surface area contributed by atoms with E-state index in [2.05, 4.69) is 0 Å². The van der Waals surface area contributed by atoms with Crippen LogP contribution in [0, 0.1) is 0 Å². The van der Waals surface area contributed by atoms with Crippen molar-refractivity contribution in [3.8, 4) is 11.5 Å². The molecule has 0 bridgehead atoms. The summed E-state index contributed by atoms with van der Waals surface area (Å²) < 4.78 is 29.2. The smallest absolute Gasteiger partial charge is 0.264 e. The molecule has 0 saturated carbocycles. The second-order valence-corrected chi connectivity index (χ2v) is 8.24. The van der Waals surface area contributed by atoms with Gasteiger partial charge in [0.1, 0.15) is 11.5 Å². The van der Waals surface area contributed by atoms with Crippen LogP contribution in [0.2, 0.25) is 0 Å². The average molecular weight is 365 g/mol. The molecule has 0 heterocycles. The Kier molecular flexibility index (Phi) is 6.11. The van der Waals surface area contributed by atoms with Crippen molar-refractivity contribution in [2.24, 2.45) is 0 Å². The molecule has 0 unspecified atom stereocenters. The lowest BCUT2D eigenvalue weighted by molar-refractivity contribution is 0.223. The molecule has 0 aromatic heterocycles. The molecular weight excluding hydrogens is 341 g/mol. The minimum atomic E-state index is -3.58. The summed E-state index contributed by atoms with van der Waals surface area (Å²) in [5, 5.41) is 11.3. The van der Waals surface area contributed by atoms with Crippen molar-refractivity contribution in [3.05, 3.63) is 48.0 Å². The Morgan fingerprint density at radius 3 is 2.12 bits per heavy atom. The Bertz CT molecular complexity index is 761. The Labute approximate surface area is 148 Å². The highest BCUT2D eigenvalue weighted by atomic mass is 31.2. The zero-order chi connectivity index (χ0) is 18.6. The zero-order valence-corrected chi connectivity index (χ0v) is 16.0. The number of aliphatic hydroxyl groups excluding tert-OH is 1. The van der Waals surface area contributed by atoms with E-state index in [0.717, 1.165) is 5.69 Å². The van der Waals surface area contributed by atoms with Gasteiger partial charge in [0.25, 0.3) is 7.37 Å². The first-order valence-corrected chi connectivity index (χ1v) is 9.40. The van der Waals surface area contributed by atoms with Gasteiger partial charge in [0.15, 0.2) is 5.85 Å². The van der Waals surface area contributed by atoms with Gasteiger partial charge >= 0.3 is 0 Å². The molecule has 0 saturated heterocycles. The highest BCUT2D eigenvalue weighted by Crippen LogP contribution is 2.58. The normalized spacial score (nSPS) is 14.5. The van der Waals surface area contributed by atoms with E-state index in [9.17, 15) is 9.67 Å². The fourth-order valence-corrected chi connectivity index (χ4v) is 4.35. The molecule has 0 fully saturated rings. The maximum Gasteiger partial charge on any atom is 0.264 e. The number of aliphatic hydroxyl groups is 1. The van der Waals surface area contributed by atoms with Crippen LogP contribution in [0.5, 0.6) is 11.5 Å². The van der Waals surface area contributed by atoms with Crippen molar-refractivity contribution in [2.75, 3.05) is 40.3 Å². The minimum Gasteiger partial charge on any atom is -0.497 e. The predicted molar refractivity (Wildman–Crippen MR) is 99.5 cm³/mol. The van der Waals surface area contributed by atoms with Crippen LogP contribution in [0.1, 0.15) is 11.4 Å².